The van der Waals surface area contributed by atoms with Gasteiger partial charge in [-0.1, -0.05) is 13.3 Å². The Labute approximate surface area is 90.8 Å². The average molecular weight is 209 g/mol. The predicted octanol–water partition coefficient (Wildman–Crippen LogP) is 1.76. The van der Waals surface area contributed by atoms with E-state index in [1.54, 1.807) is 0 Å². The van der Waals surface area contributed by atoms with Gasteiger partial charge in [0, 0.05) is 19.5 Å². The summed E-state index contributed by atoms with van der Waals surface area (Å²) in [6.07, 6.45) is 5.65. The van der Waals surface area contributed by atoms with Crippen molar-refractivity contribution in [2.75, 3.05) is 13.1 Å². The highest BCUT2D eigenvalue weighted by Gasteiger charge is 2.44. The number of carbonyl (C=O) groups excluding carboxylic acids is 2. The predicted molar refractivity (Wildman–Crippen MR) is 57.4 cm³/mol. The van der Waals surface area contributed by atoms with Crippen LogP contribution >= 0.6 is 0 Å². The first-order chi connectivity index (χ1) is 7.15. The normalized spacial score (nSPS) is 24.5. The fraction of sp³-hybridized carbons (Fsp3) is 0.833. The molecule has 0 radical (unpaired) electrons. The number of rotatable bonds is 4. The van der Waals surface area contributed by atoms with Crippen molar-refractivity contribution < 1.29 is 9.59 Å². The molecule has 0 bridgehead atoms. The Balaban J connectivity index is 1.89. The SMILES string of the molecule is CCCC1(CN2CCC(=O)CC2=O)CC1. The van der Waals surface area contributed by atoms with Crippen LogP contribution in [0.15, 0.2) is 0 Å². The fourth-order valence-corrected chi connectivity index (χ4v) is 2.52. The molecule has 3 heteroatoms. The topological polar surface area (TPSA) is 37.4 Å². The molecule has 15 heavy (non-hydrogen) atoms. The van der Waals surface area contributed by atoms with Crippen LogP contribution in [0.1, 0.15) is 45.4 Å². The highest BCUT2D eigenvalue weighted by atomic mass is 16.2. The number of carbonyl (C=O) groups is 2. The minimum absolute atomic E-state index is 0.0497. The third-order valence-electron chi connectivity index (χ3n) is 3.63. The van der Waals surface area contributed by atoms with Crippen molar-refractivity contribution in [3.63, 3.8) is 0 Å². The van der Waals surface area contributed by atoms with Crippen LogP contribution in [0, 0.1) is 5.41 Å². The Morgan fingerprint density at radius 1 is 1.33 bits per heavy atom. The third kappa shape index (κ3) is 2.39. The molecule has 1 aliphatic heterocycles. The molecule has 0 spiro atoms. The number of ketones is 1. The molecule has 1 aliphatic carbocycles. The van der Waals surface area contributed by atoms with Gasteiger partial charge in [-0.15, -0.1) is 0 Å². The summed E-state index contributed by atoms with van der Waals surface area (Å²) < 4.78 is 0. The summed E-state index contributed by atoms with van der Waals surface area (Å²) in [5.74, 6) is 0.158. The Morgan fingerprint density at radius 3 is 2.60 bits per heavy atom. The second-order valence-corrected chi connectivity index (χ2v) is 5.03. The van der Waals surface area contributed by atoms with Gasteiger partial charge in [0.25, 0.3) is 0 Å². The van der Waals surface area contributed by atoms with Crippen molar-refractivity contribution in [2.24, 2.45) is 5.41 Å². The number of likely N-dealkylation sites (tertiary alicyclic amines) is 1. The lowest BCUT2D eigenvalue weighted by molar-refractivity contribution is -0.140. The summed E-state index contributed by atoms with van der Waals surface area (Å²) in [5, 5.41) is 0. The van der Waals surface area contributed by atoms with Crippen molar-refractivity contribution in [1.29, 1.82) is 0 Å². The molecule has 0 unspecified atom stereocenters. The van der Waals surface area contributed by atoms with Crippen molar-refractivity contribution in [1.82, 2.24) is 4.90 Å². The van der Waals surface area contributed by atoms with E-state index in [1.807, 2.05) is 4.90 Å². The van der Waals surface area contributed by atoms with Gasteiger partial charge in [-0.25, -0.2) is 0 Å². The second kappa shape index (κ2) is 3.95. The maximum atomic E-state index is 11.6. The van der Waals surface area contributed by atoms with Crippen LogP contribution in [0.25, 0.3) is 0 Å². The highest BCUT2D eigenvalue weighted by molar-refractivity contribution is 6.00. The van der Waals surface area contributed by atoms with Crippen molar-refractivity contribution in [2.45, 2.75) is 45.4 Å². The van der Waals surface area contributed by atoms with Crippen LogP contribution < -0.4 is 0 Å². The zero-order chi connectivity index (χ0) is 10.9. The first-order valence-electron chi connectivity index (χ1n) is 5.95. The van der Waals surface area contributed by atoms with Crippen molar-refractivity contribution in [3.05, 3.63) is 0 Å². The van der Waals surface area contributed by atoms with Crippen LogP contribution in [-0.2, 0) is 9.59 Å². The molecule has 2 rings (SSSR count). The van der Waals surface area contributed by atoms with Gasteiger partial charge in [-0.3, -0.25) is 9.59 Å². The van der Waals surface area contributed by atoms with Crippen LogP contribution in [0.2, 0.25) is 0 Å². The van der Waals surface area contributed by atoms with Gasteiger partial charge in [-0.05, 0) is 24.7 Å². The van der Waals surface area contributed by atoms with E-state index in [0.717, 1.165) is 6.54 Å². The Kier molecular flexibility index (Phi) is 2.81. The molecule has 0 aromatic heterocycles. The van der Waals surface area contributed by atoms with Gasteiger partial charge >= 0.3 is 0 Å². The lowest BCUT2D eigenvalue weighted by Gasteiger charge is -2.30. The molecule has 0 aromatic rings. The Morgan fingerprint density at radius 2 is 2.07 bits per heavy atom. The van der Waals surface area contributed by atoms with Gasteiger partial charge in [-0.2, -0.15) is 0 Å². The molecule has 3 nitrogen and oxygen atoms in total. The first-order valence-corrected chi connectivity index (χ1v) is 5.95. The van der Waals surface area contributed by atoms with Crippen LogP contribution in [0.4, 0.5) is 0 Å². The van der Waals surface area contributed by atoms with E-state index in [-0.39, 0.29) is 18.1 Å². The average Bonchev–Trinajstić information content (AvgIpc) is 2.91. The molecule has 1 heterocycles. The first kappa shape index (κ1) is 10.7. The van der Waals surface area contributed by atoms with E-state index in [2.05, 4.69) is 6.92 Å². The van der Waals surface area contributed by atoms with Crippen LogP contribution in [0.5, 0.6) is 0 Å². The summed E-state index contributed by atoms with van der Waals surface area (Å²) in [5.41, 5.74) is 0.421. The van der Waals surface area contributed by atoms with Gasteiger partial charge < -0.3 is 4.90 Å². The smallest absolute Gasteiger partial charge is 0.230 e. The molecule has 2 aliphatic rings. The maximum Gasteiger partial charge on any atom is 0.230 e. The molecule has 84 valence electrons. The molecule has 1 saturated carbocycles. The monoisotopic (exact) mass is 209 g/mol. The van der Waals surface area contributed by atoms with Gasteiger partial charge in [0.2, 0.25) is 5.91 Å². The molecule has 2 fully saturated rings. The molecular weight excluding hydrogens is 190 g/mol. The summed E-state index contributed by atoms with van der Waals surface area (Å²) >= 11 is 0. The van der Waals surface area contributed by atoms with E-state index in [4.69, 9.17) is 0 Å². The molecule has 0 N–H and O–H groups in total. The van der Waals surface area contributed by atoms with Gasteiger partial charge in [0.1, 0.15) is 5.78 Å². The molecule has 1 amide bonds. The zero-order valence-electron chi connectivity index (χ0n) is 9.42. The number of piperidine rings is 1. The third-order valence-corrected chi connectivity index (χ3v) is 3.63. The van der Waals surface area contributed by atoms with Gasteiger partial charge in [0.15, 0.2) is 0 Å². The van der Waals surface area contributed by atoms with Crippen molar-refractivity contribution in [3.8, 4) is 0 Å². The number of amides is 1. The molecule has 1 saturated heterocycles. The summed E-state index contributed by atoms with van der Waals surface area (Å²) in [6.45, 7) is 3.75. The van der Waals surface area contributed by atoms with E-state index in [1.165, 1.54) is 25.7 Å². The minimum Gasteiger partial charge on any atom is -0.341 e. The number of Topliss-reactive ketones (excluding diaryl/α,β-unsaturated/α-hetero) is 1. The molecular formula is C12H19NO2. The number of nitrogens with zero attached hydrogens (tertiary/aromatic N) is 1. The van der Waals surface area contributed by atoms with Crippen LogP contribution in [0.3, 0.4) is 0 Å². The molecule has 0 aromatic carbocycles. The van der Waals surface area contributed by atoms with E-state index in [0.29, 0.717) is 18.4 Å². The fourth-order valence-electron chi connectivity index (χ4n) is 2.52. The zero-order valence-corrected chi connectivity index (χ0v) is 9.42. The Hall–Kier alpha value is -0.860. The van der Waals surface area contributed by atoms with E-state index < -0.39 is 0 Å². The summed E-state index contributed by atoms with van der Waals surface area (Å²) in [4.78, 5) is 24.6. The Bertz CT molecular complexity index is 281. The maximum absolute atomic E-state index is 11.6. The van der Waals surface area contributed by atoms with Crippen molar-refractivity contribution >= 4 is 11.7 Å². The van der Waals surface area contributed by atoms with Crippen LogP contribution in [-0.4, -0.2) is 29.7 Å². The summed E-state index contributed by atoms with van der Waals surface area (Å²) in [7, 11) is 0. The second-order valence-electron chi connectivity index (χ2n) is 5.03. The van der Waals surface area contributed by atoms with E-state index >= 15 is 0 Å². The summed E-state index contributed by atoms with van der Waals surface area (Å²) in [6, 6.07) is 0. The standard InChI is InChI=1S/C12H19NO2/c1-2-4-12(5-6-12)9-13-7-3-10(14)8-11(13)15/h2-9H2,1H3. The quantitative estimate of drug-likeness (QED) is 0.662. The lowest BCUT2D eigenvalue weighted by atomic mass is 9.98. The largest absolute Gasteiger partial charge is 0.341 e. The lowest BCUT2D eigenvalue weighted by Crippen LogP contribution is -2.42. The highest BCUT2D eigenvalue weighted by Crippen LogP contribution is 2.50. The molecule has 0 atom stereocenters. The number of hydrogen-bond acceptors (Lipinski definition) is 2. The van der Waals surface area contributed by atoms with Gasteiger partial charge in [0.05, 0.1) is 6.42 Å². The number of hydrogen-bond donors (Lipinski definition) is 0. The minimum atomic E-state index is 0.0497. The van der Waals surface area contributed by atoms with E-state index in [9.17, 15) is 9.59 Å².